The van der Waals surface area contributed by atoms with E-state index >= 15 is 0 Å². The molecule has 2 atom stereocenters. The second kappa shape index (κ2) is 9.64. The summed E-state index contributed by atoms with van der Waals surface area (Å²) in [7, 11) is 2.19. The zero-order chi connectivity index (χ0) is 19.2. The lowest BCUT2D eigenvalue weighted by molar-refractivity contribution is 0.0973. The quantitative estimate of drug-likeness (QED) is 0.674. The van der Waals surface area contributed by atoms with Crippen molar-refractivity contribution in [2.45, 2.75) is 19.0 Å². The Bertz CT molecular complexity index is 730. The molecule has 0 unspecified atom stereocenters. The summed E-state index contributed by atoms with van der Waals surface area (Å²) in [5.41, 5.74) is 2.31. The fourth-order valence-corrected chi connectivity index (χ4v) is 4.12. The average Bonchev–Trinajstić information content (AvgIpc) is 2.66. The predicted octanol–water partition coefficient (Wildman–Crippen LogP) is 4.11. The Labute approximate surface area is 176 Å². The van der Waals surface area contributed by atoms with Gasteiger partial charge in [0.1, 0.15) is 0 Å². The van der Waals surface area contributed by atoms with Crippen LogP contribution in [0.5, 0.6) is 0 Å². The number of piperazine rings is 1. The van der Waals surface area contributed by atoms with E-state index in [0.29, 0.717) is 5.11 Å². The van der Waals surface area contributed by atoms with Gasteiger partial charge in [-0.2, -0.15) is 0 Å². The van der Waals surface area contributed by atoms with Crippen molar-refractivity contribution in [2.75, 3.05) is 38.5 Å². The molecule has 27 heavy (non-hydrogen) atoms. The van der Waals surface area contributed by atoms with Gasteiger partial charge in [0.05, 0.1) is 6.04 Å². The van der Waals surface area contributed by atoms with Gasteiger partial charge in [0.15, 0.2) is 5.11 Å². The van der Waals surface area contributed by atoms with Crippen LogP contribution >= 0.6 is 28.1 Å². The molecular formula is C21H27BrN4S. The highest BCUT2D eigenvalue weighted by atomic mass is 79.9. The molecule has 0 aliphatic carbocycles. The zero-order valence-electron chi connectivity index (χ0n) is 15.9. The minimum absolute atomic E-state index is 0.186. The number of hydrogen-bond donors (Lipinski definition) is 2. The van der Waals surface area contributed by atoms with Gasteiger partial charge in [0.25, 0.3) is 0 Å². The first-order chi connectivity index (χ1) is 13.0. The standard InChI is InChI=1S/C21H27BrN4S/c1-16(23-21(27)24-19-10-8-18(22)9-11-19)20(17-6-4-3-5-7-17)26-14-12-25(2)13-15-26/h3-11,16,20H,12-15H2,1-2H3,(H2,23,24,27)/t16-,20-/m1/s1. The van der Waals surface area contributed by atoms with E-state index in [1.165, 1.54) is 5.56 Å². The lowest BCUT2D eigenvalue weighted by Crippen LogP contribution is -2.52. The van der Waals surface area contributed by atoms with Gasteiger partial charge in [-0.15, -0.1) is 0 Å². The molecule has 1 saturated heterocycles. The largest absolute Gasteiger partial charge is 0.358 e. The van der Waals surface area contributed by atoms with Gasteiger partial charge in [0, 0.05) is 42.4 Å². The van der Waals surface area contributed by atoms with Gasteiger partial charge in [-0.1, -0.05) is 46.3 Å². The van der Waals surface area contributed by atoms with Crippen molar-refractivity contribution in [1.29, 1.82) is 0 Å². The maximum atomic E-state index is 5.57. The Kier molecular flexibility index (Phi) is 7.24. The Morgan fingerprint density at radius 2 is 1.63 bits per heavy atom. The van der Waals surface area contributed by atoms with Crippen LogP contribution in [-0.2, 0) is 0 Å². The summed E-state index contributed by atoms with van der Waals surface area (Å²) in [4.78, 5) is 4.95. The van der Waals surface area contributed by atoms with Gasteiger partial charge < -0.3 is 15.5 Å². The topological polar surface area (TPSA) is 30.5 Å². The number of likely N-dealkylation sites (N-methyl/N-ethyl adjacent to an activating group) is 1. The molecule has 0 bridgehead atoms. The number of halogens is 1. The van der Waals surface area contributed by atoms with Gasteiger partial charge in [-0.25, -0.2) is 0 Å². The molecule has 144 valence electrons. The van der Waals surface area contributed by atoms with E-state index < -0.39 is 0 Å². The summed E-state index contributed by atoms with van der Waals surface area (Å²) in [6.07, 6.45) is 0. The molecule has 0 amide bonds. The number of benzene rings is 2. The first-order valence-electron chi connectivity index (χ1n) is 9.33. The summed E-state index contributed by atoms with van der Waals surface area (Å²) in [6, 6.07) is 19.2. The molecule has 4 nitrogen and oxygen atoms in total. The zero-order valence-corrected chi connectivity index (χ0v) is 18.3. The normalized spacial score (nSPS) is 17.9. The van der Waals surface area contributed by atoms with Crippen LogP contribution in [0.15, 0.2) is 59.1 Å². The average molecular weight is 447 g/mol. The summed E-state index contributed by atoms with van der Waals surface area (Å²) >= 11 is 9.03. The van der Waals surface area contributed by atoms with Crippen LogP contribution in [-0.4, -0.2) is 54.2 Å². The minimum atomic E-state index is 0.186. The Morgan fingerprint density at radius 1 is 1.00 bits per heavy atom. The SMILES string of the molecule is C[C@@H](NC(=S)Nc1ccc(Br)cc1)[C@H](c1ccccc1)N1CCN(C)CC1. The minimum Gasteiger partial charge on any atom is -0.358 e. The molecule has 2 aromatic carbocycles. The third-order valence-corrected chi connectivity index (χ3v) is 5.76. The Hall–Kier alpha value is -1.47. The number of rotatable bonds is 5. The molecule has 0 spiro atoms. The van der Waals surface area contributed by atoms with Crippen molar-refractivity contribution in [3.8, 4) is 0 Å². The van der Waals surface area contributed by atoms with Crippen molar-refractivity contribution in [1.82, 2.24) is 15.1 Å². The van der Waals surface area contributed by atoms with Crippen LogP contribution < -0.4 is 10.6 Å². The third kappa shape index (κ3) is 5.75. The third-order valence-electron chi connectivity index (χ3n) is 5.01. The highest BCUT2D eigenvalue weighted by Crippen LogP contribution is 2.25. The van der Waals surface area contributed by atoms with Crippen molar-refractivity contribution in [3.05, 3.63) is 64.6 Å². The molecule has 1 fully saturated rings. The maximum Gasteiger partial charge on any atom is 0.171 e. The van der Waals surface area contributed by atoms with E-state index in [1.807, 2.05) is 24.3 Å². The highest BCUT2D eigenvalue weighted by molar-refractivity contribution is 9.10. The van der Waals surface area contributed by atoms with Crippen LogP contribution in [0.25, 0.3) is 0 Å². The van der Waals surface area contributed by atoms with E-state index in [1.54, 1.807) is 0 Å². The summed E-state index contributed by atoms with van der Waals surface area (Å²) in [5.74, 6) is 0. The second-order valence-corrected chi connectivity index (χ2v) is 8.41. The van der Waals surface area contributed by atoms with Crippen molar-refractivity contribution in [3.63, 3.8) is 0 Å². The summed E-state index contributed by atoms with van der Waals surface area (Å²) < 4.78 is 1.06. The summed E-state index contributed by atoms with van der Waals surface area (Å²) in [6.45, 7) is 6.53. The van der Waals surface area contributed by atoms with E-state index in [4.69, 9.17) is 12.2 Å². The van der Waals surface area contributed by atoms with Gasteiger partial charge >= 0.3 is 0 Å². The molecule has 0 saturated carbocycles. The number of thiocarbonyl (C=S) groups is 1. The number of anilines is 1. The fraction of sp³-hybridized carbons (Fsp3) is 0.381. The fourth-order valence-electron chi connectivity index (χ4n) is 3.55. The van der Waals surface area contributed by atoms with E-state index in [0.717, 1.165) is 36.3 Å². The monoisotopic (exact) mass is 446 g/mol. The number of hydrogen-bond acceptors (Lipinski definition) is 3. The maximum absolute atomic E-state index is 5.57. The van der Waals surface area contributed by atoms with Crippen LogP contribution in [0.2, 0.25) is 0 Å². The summed E-state index contributed by atoms with van der Waals surface area (Å²) in [5, 5.41) is 7.45. The van der Waals surface area contributed by atoms with Gasteiger partial charge in [-0.05, 0) is 56.0 Å². The van der Waals surface area contributed by atoms with Crippen LogP contribution in [0.4, 0.5) is 5.69 Å². The lowest BCUT2D eigenvalue weighted by Gasteiger charge is -2.41. The Balaban J connectivity index is 1.69. The van der Waals surface area contributed by atoms with Crippen LogP contribution in [0.1, 0.15) is 18.5 Å². The van der Waals surface area contributed by atoms with Crippen molar-refractivity contribution in [2.24, 2.45) is 0 Å². The molecule has 0 aromatic heterocycles. The van der Waals surface area contributed by atoms with Gasteiger partial charge in [-0.3, -0.25) is 4.90 Å². The molecule has 2 aromatic rings. The smallest absolute Gasteiger partial charge is 0.171 e. The molecule has 1 aliphatic heterocycles. The number of nitrogens with one attached hydrogen (secondary N) is 2. The van der Waals surface area contributed by atoms with Gasteiger partial charge in [0.2, 0.25) is 0 Å². The van der Waals surface area contributed by atoms with Crippen LogP contribution in [0, 0.1) is 0 Å². The van der Waals surface area contributed by atoms with Crippen molar-refractivity contribution < 1.29 is 0 Å². The van der Waals surface area contributed by atoms with E-state index in [2.05, 4.69) is 80.7 Å². The van der Waals surface area contributed by atoms with Crippen molar-refractivity contribution >= 4 is 38.9 Å². The highest BCUT2D eigenvalue weighted by Gasteiger charge is 2.28. The van der Waals surface area contributed by atoms with E-state index in [9.17, 15) is 0 Å². The first kappa shape index (κ1) is 20.3. The molecule has 1 aliphatic rings. The van der Waals surface area contributed by atoms with E-state index in [-0.39, 0.29) is 12.1 Å². The molecule has 6 heteroatoms. The first-order valence-corrected chi connectivity index (χ1v) is 10.5. The second-order valence-electron chi connectivity index (χ2n) is 7.09. The Morgan fingerprint density at radius 3 is 2.26 bits per heavy atom. The molecule has 3 rings (SSSR count). The molecule has 1 heterocycles. The lowest BCUT2D eigenvalue weighted by atomic mass is 9.98. The predicted molar refractivity (Wildman–Crippen MR) is 121 cm³/mol. The van der Waals surface area contributed by atoms with Crippen LogP contribution in [0.3, 0.4) is 0 Å². The molecular weight excluding hydrogens is 420 g/mol. The molecule has 2 N–H and O–H groups in total. The molecule has 0 radical (unpaired) electrons. The number of nitrogens with zero attached hydrogens (tertiary/aromatic N) is 2.